The van der Waals surface area contributed by atoms with Crippen LogP contribution in [0.15, 0.2) is 36.4 Å². The Balaban J connectivity index is 1.39. The zero-order chi connectivity index (χ0) is 19.2. The van der Waals surface area contributed by atoms with Crippen LogP contribution in [0.3, 0.4) is 0 Å². The molecule has 3 rings (SSSR count). The second-order valence-corrected chi connectivity index (χ2v) is 8.01. The fourth-order valence-corrected chi connectivity index (χ4v) is 3.81. The van der Waals surface area contributed by atoms with Gasteiger partial charge in [-0.1, -0.05) is 11.6 Å². The molecule has 0 aliphatic heterocycles. The maximum atomic E-state index is 13.2. The van der Waals surface area contributed by atoms with E-state index in [4.69, 9.17) is 16.3 Å². The van der Waals surface area contributed by atoms with Crippen LogP contribution in [0.1, 0.15) is 39.3 Å². The van der Waals surface area contributed by atoms with Crippen LogP contribution in [0.2, 0.25) is 4.34 Å². The Bertz CT molecular complexity index is 797. The summed E-state index contributed by atoms with van der Waals surface area (Å²) >= 11 is 7.00. The van der Waals surface area contributed by atoms with Crippen molar-refractivity contribution in [2.45, 2.75) is 31.5 Å². The zero-order valence-corrected chi connectivity index (χ0v) is 16.1. The van der Waals surface area contributed by atoms with Gasteiger partial charge in [0.15, 0.2) is 0 Å². The number of hydrogen-bond acceptors (Lipinski definition) is 4. The molecule has 5 nitrogen and oxygen atoms in total. The van der Waals surface area contributed by atoms with E-state index in [1.165, 1.54) is 11.3 Å². The van der Waals surface area contributed by atoms with E-state index in [1.54, 1.807) is 36.4 Å². The molecule has 1 fully saturated rings. The number of rotatable bonds is 7. The number of thiophene rings is 1. The third-order valence-corrected chi connectivity index (χ3v) is 5.46. The summed E-state index contributed by atoms with van der Waals surface area (Å²) in [7, 11) is 0. The number of amides is 2. The minimum Gasteiger partial charge on any atom is -0.490 e. The third kappa shape index (κ3) is 5.68. The lowest BCUT2D eigenvalue weighted by Crippen LogP contribution is -2.34. The largest absolute Gasteiger partial charge is 0.490 e. The van der Waals surface area contributed by atoms with E-state index < -0.39 is 6.17 Å². The van der Waals surface area contributed by atoms with Crippen molar-refractivity contribution in [1.82, 2.24) is 10.6 Å². The van der Waals surface area contributed by atoms with Crippen molar-refractivity contribution < 1.29 is 18.7 Å². The molecule has 0 unspecified atom stereocenters. The molecule has 1 aromatic heterocycles. The van der Waals surface area contributed by atoms with Crippen LogP contribution < -0.4 is 15.4 Å². The molecule has 1 heterocycles. The van der Waals surface area contributed by atoms with E-state index in [0.29, 0.717) is 52.9 Å². The van der Waals surface area contributed by atoms with Crippen molar-refractivity contribution in [2.24, 2.45) is 0 Å². The van der Waals surface area contributed by atoms with E-state index in [9.17, 15) is 14.0 Å². The lowest BCUT2D eigenvalue weighted by molar-refractivity contribution is 0.0929. The summed E-state index contributed by atoms with van der Waals surface area (Å²) in [5, 5.41) is 5.46. The van der Waals surface area contributed by atoms with Crippen molar-refractivity contribution >= 4 is 34.8 Å². The van der Waals surface area contributed by atoms with E-state index in [1.807, 2.05) is 0 Å². The molecular formula is C19H20ClFN2O3S. The van der Waals surface area contributed by atoms with Gasteiger partial charge in [0, 0.05) is 25.1 Å². The fraction of sp³-hybridized carbons (Fsp3) is 0.368. The number of nitrogens with one attached hydrogen (secondary N) is 2. The highest BCUT2D eigenvalue weighted by Gasteiger charge is 2.25. The van der Waals surface area contributed by atoms with Gasteiger partial charge < -0.3 is 15.4 Å². The van der Waals surface area contributed by atoms with Gasteiger partial charge >= 0.3 is 0 Å². The molecule has 2 atom stereocenters. The molecule has 1 aromatic carbocycles. The Labute approximate surface area is 165 Å². The van der Waals surface area contributed by atoms with E-state index in [2.05, 4.69) is 10.6 Å². The molecule has 27 heavy (non-hydrogen) atoms. The summed E-state index contributed by atoms with van der Waals surface area (Å²) in [5.74, 6) is 0.178. The first-order valence-electron chi connectivity index (χ1n) is 8.74. The summed E-state index contributed by atoms with van der Waals surface area (Å²) in [6, 6.07) is 10.1. The van der Waals surface area contributed by atoms with Crippen LogP contribution in [0.25, 0.3) is 0 Å². The molecule has 1 aliphatic carbocycles. The van der Waals surface area contributed by atoms with Gasteiger partial charge in [0.05, 0.1) is 9.21 Å². The number of ether oxygens (including phenoxy) is 1. The first-order valence-corrected chi connectivity index (χ1v) is 9.93. The second kappa shape index (κ2) is 9.19. The van der Waals surface area contributed by atoms with Crippen molar-refractivity contribution in [3.8, 4) is 5.75 Å². The summed E-state index contributed by atoms with van der Waals surface area (Å²) < 4.78 is 19.5. The van der Waals surface area contributed by atoms with Crippen LogP contribution in [0.4, 0.5) is 4.39 Å². The first-order chi connectivity index (χ1) is 13.0. The standard InChI is InChI=1S/C19H20ClFN2O3S/c20-17-8-7-16(27-17)19(25)23-10-9-22-18(24)12-1-4-14(5-2-12)26-15-6-3-13(21)11-15/h1-2,4-5,7-8,13,15H,3,6,9-11H2,(H,22,24)(H,23,25)/t13-,15-/m1/s1. The van der Waals surface area contributed by atoms with Gasteiger partial charge in [-0.25, -0.2) is 4.39 Å². The smallest absolute Gasteiger partial charge is 0.261 e. The highest BCUT2D eigenvalue weighted by atomic mass is 35.5. The van der Waals surface area contributed by atoms with Gasteiger partial charge in [0.1, 0.15) is 18.0 Å². The Morgan fingerprint density at radius 1 is 1.07 bits per heavy atom. The lowest BCUT2D eigenvalue weighted by Gasteiger charge is -2.13. The second-order valence-electron chi connectivity index (χ2n) is 6.29. The Morgan fingerprint density at radius 3 is 2.37 bits per heavy atom. The van der Waals surface area contributed by atoms with Gasteiger partial charge in [-0.15, -0.1) is 11.3 Å². The average Bonchev–Trinajstić information content (AvgIpc) is 3.27. The van der Waals surface area contributed by atoms with Crippen LogP contribution in [-0.4, -0.2) is 37.2 Å². The summed E-state index contributed by atoms with van der Waals surface area (Å²) in [6.45, 7) is 0.620. The van der Waals surface area contributed by atoms with E-state index >= 15 is 0 Å². The quantitative estimate of drug-likeness (QED) is 0.681. The van der Waals surface area contributed by atoms with Gasteiger partial charge in [-0.3, -0.25) is 9.59 Å². The predicted molar refractivity (Wildman–Crippen MR) is 104 cm³/mol. The minimum atomic E-state index is -0.780. The predicted octanol–water partition coefficient (Wildman–Crippen LogP) is 3.83. The van der Waals surface area contributed by atoms with Crippen molar-refractivity contribution in [3.05, 3.63) is 51.2 Å². The molecule has 0 bridgehead atoms. The van der Waals surface area contributed by atoms with Gasteiger partial charge in [0.2, 0.25) is 0 Å². The number of halogens is 2. The van der Waals surface area contributed by atoms with Crippen LogP contribution in [-0.2, 0) is 0 Å². The monoisotopic (exact) mass is 410 g/mol. The Hall–Kier alpha value is -2.12. The topological polar surface area (TPSA) is 67.4 Å². The zero-order valence-electron chi connectivity index (χ0n) is 14.5. The third-order valence-electron chi connectivity index (χ3n) is 4.23. The van der Waals surface area contributed by atoms with E-state index in [-0.39, 0.29) is 17.9 Å². The fourth-order valence-electron chi connectivity index (χ4n) is 2.85. The number of carbonyl (C=O) groups excluding carboxylic acids is 2. The molecule has 2 N–H and O–H groups in total. The van der Waals surface area contributed by atoms with Gasteiger partial charge in [-0.05, 0) is 49.2 Å². The molecule has 144 valence electrons. The molecule has 0 saturated heterocycles. The Kier molecular flexibility index (Phi) is 6.68. The van der Waals surface area contributed by atoms with Gasteiger partial charge in [0.25, 0.3) is 11.8 Å². The number of carbonyl (C=O) groups is 2. The summed E-state index contributed by atoms with van der Waals surface area (Å²) in [5.41, 5.74) is 0.494. The number of hydrogen-bond donors (Lipinski definition) is 2. The van der Waals surface area contributed by atoms with Crippen LogP contribution >= 0.6 is 22.9 Å². The maximum absolute atomic E-state index is 13.2. The summed E-state index contributed by atoms with van der Waals surface area (Å²) in [6.07, 6.45) is 0.804. The highest BCUT2D eigenvalue weighted by molar-refractivity contribution is 7.17. The molecular weight excluding hydrogens is 391 g/mol. The van der Waals surface area contributed by atoms with Crippen LogP contribution in [0.5, 0.6) is 5.75 Å². The van der Waals surface area contributed by atoms with Gasteiger partial charge in [-0.2, -0.15) is 0 Å². The van der Waals surface area contributed by atoms with E-state index in [0.717, 1.165) is 0 Å². The Morgan fingerprint density at radius 2 is 1.78 bits per heavy atom. The SMILES string of the molecule is O=C(NCCNC(=O)c1ccc(Cl)s1)c1ccc(O[C@@H]2CC[C@@H](F)C2)cc1. The maximum Gasteiger partial charge on any atom is 0.261 e. The lowest BCUT2D eigenvalue weighted by atomic mass is 10.2. The number of alkyl halides is 1. The molecule has 2 aromatic rings. The molecule has 0 spiro atoms. The molecule has 2 amide bonds. The van der Waals surface area contributed by atoms with Crippen molar-refractivity contribution in [2.75, 3.05) is 13.1 Å². The molecule has 8 heteroatoms. The number of benzene rings is 1. The first kappa shape index (κ1) is 19.6. The normalized spacial score (nSPS) is 18.9. The van der Waals surface area contributed by atoms with Crippen molar-refractivity contribution in [1.29, 1.82) is 0 Å². The molecule has 0 radical (unpaired) electrons. The molecule has 1 saturated carbocycles. The molecule has 1 aliphatic rings. The van der Waals surface area contributed by atoms with Crippen molar-refractivity contribution in [3.63, 3.8) is 0 Å². The summed E-state index contributed by atoms with van der Waals surface area (Å²) in [4.78, 5) is 24.5. The highest BCUT2D eigenvalue weighted by Crippen LogP contribution is 2.26. The minimum absolute atomic E-state index is 0.0958. The average molecular weight is 411 g/mol. The van der Waals surface area contributed by atoms with Crippen LogP contribution in [0, 0.1) is 0 Å².